The maximum atomic E-state index is 4.87. The molecule has 1 rings (SSSR count). The number of aryl methyl sites for hydroxylation is 1. The fraction of sp³-hybridized carbons (Fsp3) is 0.200. The van der Waals surface area contributed by atoms with Gasteiger partial charge in [0.1, 0.15) is 0 Å². The molecule has 0 saturated carbocycles. The van der Waals surface area contributed by atoms with Gasteiger partial charge in [0.2, 0.25) is 0 Å². The second kappa shape index (κ2) is 6.66. The number of benzene rings is 1. The van der Waals surface area contributed by atoms with E-state index in [1.807, 2.05) is 24.3 Å². The summed E-state index contributed by atoms with van der Waals surface area (Å²) in [6.07, 6.45) is 3.87. The molecule has 1 aromatic carbocycles. The molecular weight excluding hydrogens is 186 g/mol. The third-order valence-corrected chi connectivity index (χ3v) is 1.54. The molecular formula is C10H14ClNO. The zero-order valence-electron chi connectivity index (χ0n) is 7.57. The van der Waals surface area contributed by atoms with Crippen molar-refractivity contribution in [2.75, 3.05) is 6.61 Å². The molecule has 0 saturated heterocycles. The van der Waals surface area contributed by atoms with Crippen molar-refractivity contribution in [2.45, 2.75) is 6.92 Å². The first-order chi connectivity index (χ1) is 5.83. The lowest BCUT2D eigenvalue weighted by atomic mass is 10.1. The van der Waals surface area contributed by atoms with Gasteiger partial charge in [0.05, 0.1) is 6.61 Å². The summed E-state index contributed by atoms with van der Waals surface area (Å²) < 4.78 is 0. The SMILES string of the molecule is Cc1cccc(/C=C/CON)c1.Cl. The normalized spacial score (nSPS) is 10.0. The maximum Gasteiger partial charge on any atom is 0.0864 e. The number of halogens is 1. The number of hydrogen-bond acceptors (Lipinski definition) is 2. The van der Waals surface area contributed by atoms with E-state index in [1.165, 1.54) is 11.1 Å². The van der Waals surface area contributed by atoms with Crippen molar-refractivity contribution in [1.82, 2.24) is 0 Å². The molecule has 0 bridgehead atoms. The molecule has 0 spiro atoms. The highest BCUT2D eigenvalue weighted by atomic mass is 35.5. The Morgan fingerprint density at radius 3 is 2.85 bits per heavy atom. The average Bonchev–Trinajstić information content (AvgIpc) is 2.05. The largest absolute Gasteiger partial charge is 0.300 e. The van der Waals surface area contributed by atoms with Crippen LogP contribution >= 0.6 is 12.4 Å². The van der Waals surface area contributed by atoms with E-state index in [1.54, 1.807) is 0 Å². The van der Waals surface area contributed by atoms with Gasteiger partial charge in [-0.15, -0.1) is 12.4 Å². The van der Waals surface area contributed by atoms with Crippen molar-refractivity contribution in [2.24, 2.45) is 5.90 Å². The zero-order valence-corrected chi connectivity index (χ0v) is 8.38. The molecule has 0 radical (unpaired) electrons. The van der Waals surface area contributed by atoms with Crippen molar-refractivity contribution >= 4 is 18.5 Å². The average molecular weight is 200 g/mol. The van der Waals surface area contributed by atoms with Crippen molar-refractivity contribution in [1.29, 1.82) is 0 Å². The van der Waals surface area contributed by atoms with Crippen LogP contribution in [0.2, 0.25) is 0 Å². The topological polar surface area (TPSA) is 35.2 Å². The molecule has 0 aliphatic rings. The second-order valence-corrected chi connectivity index (χ2v) is 2.65. The summed E-state index contributed by atoms with van der Waals surface area (Å²) in [5.74, 6) is 4.87. The molecule has 2 N–H and O–H groups in total. The quantitative estimate of drug-likeness (QED) is 0.759. The zero-order chi connectivity index (χ0) is 8.81. The van der Waals surface area contributed by atoms with Crippen LogP contribution in [0.1, 0.15) is 11.1 Å². The first-order valence-electron chi connectivity index (χ1n) is 3.88. The van der Waals surface area contributed by atoms with E-state index in [4.69, 9.17) is 5.90 Å². The Bertz CT molecular complexity index is 273. The lowest BCUT2D eigenvalue weighted by Gasteiger charge is -1.94. The summed E-state index contributed by atoms with van der Waals surface area (Å²) in [5.41, 5.74) is 2.43. The van der Waals surface area contributed by atoms with E-state index in [2.05, 4.69) is 23.9 Å². The molecule has 0 unspecified atom stereocenters. The highest BCUT2D eigenvalue weighted by Crippen LogP contribution is 2.05. The van der Waals surface area contributed by atoms with E-state index < -0.39 is 0 Å². The molecule has 1 aromatic rings. The van der Waals surface area contributed by atoms with Crippen LogP contribution < -0.4 is 5.90 Å². The monoisotopic (exact) mass is 199 g/mol. The van der Waals surface area contributed by atoms with Gasteiger partial charge in [-0.05, 0) is 12.5 Å². The Morgan fingerprint density at radius 1 is 1.46 bits per heavy atom. The minimum Gasteiger partial charge on any atom is -0.300 e. The van der Waals surface area contributed by atoms with Crippen LogP contribution in [0.25, 0.3) is 6.08 Å². The number of rotatable bonds is 3. The van der Waals surface area contributed by atoms with Crippen LogP contribution in [0.5, 0.6) is 0 Å². The Kier molecular flexibility index (Phi) is 6.24. The van der Waals surface area contributed by atoms with Gasteiger partial charge in [0, 0.05) is 0 Å². The third-order valence-electron chi connectivity index (χ3n) is 1.54. The first kappa shape index (κ1) is 12.2. The van der Waals surface area contributed by atoms with Gasteiger partial charge in [-0.1, -0.05) is 42.0 Å². The minimum atomic E-state index is 0. The van der Waals surface area contributed by atoms with Gasteiger partial charge >= 0.3 is 0 Å². The lowest BCUT2D eigenvalue weighted by molar-refractivity contribution is 0.168. The second-order valence-electron chi connectivity index (χ2n) is 2.65. The van der Waals surface area contributed by atoms with Gasteiger partial charge < -0.3 is 4.84 Å². The lowest BCUT2D eigenvalue weighted by Crippen LogP contribution is -1.96. The number of nitrogens with two attached hydrogens (primary N) is 1. The molecule has 0 amide bonds. The molecule has 72 valence electrons. The van der Waals surface area contributed by atoms with Gasteiger partial charge in [-0.2, -0.15) is 0 Å². The third kappa shape index (κ3) is 4.68. The first-order valence-corrected chi connectivity index (χ1v) is 3.88. The fourth-order valence-corrected chi connectivity index (χ4v) is 1.01. The molecule has 3 heteroatoms. The van der Waals surface area contributed by atoms with Crippen molar-refractivity contribution in [3.63, 3.8) is 0 Å². The van der Waals surface area contributed by atoms with E-state index in [-0.39, 0.29) is 12.4 Å². The summed E-state index contributed by atoms with van der Waals surface area (Å²) >= 11 is 0. The fourth-order valence-electron chi connectivity index (χ4n) is 1.01. The summed E-state index contributed by atoms with van der Waals surface area (Å²) in [7, 11) is 0. The minimum absolute atomic E-state index is 0. The van der Waals surface area contributed by atoms with Crippen molar-refractivity contribution in [3.8, 4) is 0 Å². The predicted molar refractivity (Wildman–Crippen MR) is 57.6 cm³/mol. The Labute approximate surface area is 84.8 Å². The molecule has 2 nitrogen and oxygen atoms in total. The van der Waals surface area contributed by atoms with E-state index in [0.717, 1.165) is 0 Å². The van der Waals surface area contributed by atoms with Crippen LogP contribution in [0.15, 0.2) is 30.3 Å². The Morgan fingerprint density at radius 2 is 2.23 bits per heavy atom. The van der Waals surface area contributed by atoms with Gasteiger partial charge in [0.15, 0.2) is 0 Å². The van der Waals surface area contributed by atoms with E-state index in [0.29, 0.717) is 6.61 Å². The highest BCUT2D eigenvalue weighted by molar-refractivity contribution is 5.85. The standard InChI is InChI=1S/C10H13NO.ClH/c1-9-4-2-5-10(8-9)6-3-7-12-11;/h2-6,8H,7,11H2,1H3;1H/b6-3+;. The van der Waals surface area contributed by atoms with E-state index >= 15 is 0 Å². The van der Waals surface area contributed by atoms with Crippen LogP contribution in [0.3, 0.4) is 0 Å². The molecule has 0 heterocycles. The van der Waals surface area contributed by atoms with Crippen LogP contribution in [0, 0.1) is 6.92 Å². The predicted octanol–water partition coefficient (Wildman–Crippen LogP) is 2.32. The highest BCUT2D eigenvalue weighted by Gasteiger charge is 1.85. The summed E-state index contributed by atoms with van der Waals surface area (Å²) in [5, 5.41) is 0. The number of hydrogen-bond donors (Lipinski definition) is 1. The van der Waals surface area contributed by atoms with Gasteiger partial charge in [-0.25, -0.2) is 5.90 Å². The Balaban J connectivity index is 0.00000144. The molecule has 13 heavy (non-hydrogen) atoms. The molecule has 0 fully saturated rings. The summed E-state index contributed by atoms with van der Waals surface area (Å²) in [4.78, 5) is 4.41. The summed E-state index contributed by atoms with van der Waals surface area (Å²) in [6, 6.07) is 8.24. The van der Waals surface area contributed by atoms with Crippen molar-refractivity contribution in [3.05, 3.63) is 41.5 Å². The molecule has 0 aromatic heterocycles. The molecule has 0 aliphatic carbocycles. The molecule has 0 aliphatic heterocycles. The van der Waals surface area contributed by atoms with Crippen LogP contribution in [-0.2, 0) is 4.84 Å². The Hall–Kier alpha value is -0.830. The van der Waals surface area contributed by atoms with E-state index in [9.17, 15) is 0 Å². The van der Waals surface area contributed by atoms with Gasteiger partial charge in [-0.3, -0.25) is 0 Å². The smallest absolute Gasteiger partial charge is 0.0864 e. The maximum absolute atomic E-state index is 4.87. The summed E-state index contributed by atoms with van der Waals surface area (Å²) in [6.45, 7) is 2.52. The van der Waals surface area contributed by atoms with Crippen LogP contribution in [-0.4, -0.2) is 6.61 Å². The van der Waals surface area contributed by atoms with Gasteiger partial charge in [0.25, 0.3) is 0 Å². The molecule has 0 atom stereocenters. The van der Waals surface area contributed by atoms with Crippen LogP contribution in [0.4, 0.5) is 0 Å². The van der Waals surface area contributed by atoms with Crippen molar-refractivity contribution < 1.29 is 4.84 Å².